The van der Waals surface area contributed by atoms with E-state index in [2.05, 4.69) is 16.6 Å². The molecule has 2 aliphatic heterocycles. The predicted octanol–water partition coefficient (Wildman–Crippen LogP) is 1.18. The highest BCUT2D eigenvalue weighted by Crippen LogP contribution is 2.24. The van der Waals surface area contributed by atoms with E-state index in [0.29, 0.717) is 18.0 Å². The minimum absolute atomic E-state index is 0.0176. The second-order valence-corrected chi connectivity index (χ2v) is 8.00. The molecule has 0 unspecified atom stereocenters. The molecule has 2 heterocycles. The Bertz CT molecular complexity index is 656. The van der Waals surface area contributed by atoms with Gasteiger partial charge >= 0.3 is 0 Å². The van der Waals surface area contributed by atoms with Crippen LogP contribution in [-0.2, 0) is 14.8 Å². The van der Waals surface area contributed by atoms with Gasteiger partial charge in [0.05, 0.1) is 11.3 Å². The quantitative estimate of drug-likeness (QED) is 0.827. The van der Waals surface area contributed by atoms with E-state index in [1.165, 1.54) is 0 Å². The first-order chi connectivity index (χ1) is 10.4. The molecule has 120 valence electrons. The molecule has 22 heavy (non-hydrogen) atoms. The minimum atomic E-state index is -3.47. The number of hydrogen-bond donors (Lipinski definition) is 1. The molecule has 0 aromatic rings. The summed E-state index contributed by atoms with van der Waals surface area (Å²) in [6, 6.07) is 0.171. The Labute approximate surface area is 131 Å². The van der Waals surface area contributed by atoms with Crippen molar-refractivity contribution in [1.82, 2.24) is 10.2 Å². The molecular weight excluding hydrogens is 302 g/mol. The lowest BCUT2D eigenvalue weighted by Gasteiger charge is -2.31. The molecule has 0 aromatic heterocycles. The van der Waals surface area contributed by atoms with Crippen molar-refractivity contribution in [3.8, 4) is 0 Å². The molecule has 1 N–H and O–H groups in total. The molecule has 7 heteroatoms. The fraction of sp³-hybridized carbons (Fsp3) is 0.600. The standard InChI is InChI=1S/C15H21N3O3S/c1-11-4-6-12(7-5-11)16-15(19)13-3-2-8-18-9-10-22(20,21)17-14(13)18/h2-3,8,11-12H,4-7,9-10H2,1H3,(H,16,19). The molecular formula is C15H21N3O3S. The topological polar surface area (TPSA) is 78.8 Å². The SMILES string of the molecule is CC1CCC(NC(=O)C2=CC=CN3CCS(=O)(=O)N=C23)CC1. The van der Waals surface area contributed by atoms with E-state index < -0.39 is 10.0 Å². The fourth-order valence-corrected chi connectivity index (χ4v) is 4.05. The second kappa shape index (κ2) is 5.87. The van der Waals surface area contributed by atoms with Crippen LogP contribution >= 0.6 is 0 Å². The van der Waals surface area contributed by atoms with E-state index in [1.807, 2.05) is 0 Å². The van der Waals surface area contributed by atoms with Gasteiger partial charge in [-0.25, -0.2) is 8.42 Å². The Kier molecular flexibility index (Phi) is 4.08. The van der Waals surface area contributed by atoms with Gasteiger partial charge in [-0.05, 0) is 43.8 Å². The van der Waals surface area contributed by atoms with E-state index in [9.17, 15) is 13.2 Å². The molecule has 3 aliphatic rings. The third-order valence-corrected chi connectivity index (χ3v) is 5.60. The van der Waals surface area contributed by atoms with Crippen molar-refractivity contribution in [2.45, 2.75) is 38.6 Å². The molecule has 0 spiro atoms. The average molecular weight is 323 g/mol. The zero-order chi connectivity index (χ0) is 15.7. The Morgan fingerprint density at radius 1 is 1.32 bits per heavy atom. The molecule has 0 radical (unpaired) electrons. The maximum absolute atomic E-state index is 12.5. The van der Waals surface area contributed by atoms with Crippen LogP contribution < -0.4 is 5.32 Å². The number of hydrogen-bond acceptors (Lipinski definition) is 4. The number of fused-ring (bicyclic) bond motifs is 1. The molecule has 1 saturated carbocycles. The molecule has 0 saturated heterocycles. The van der Waals surface area contributed by atoms with Gasteiger partial charge in [0.15, 0.2) is 5.84 Å². The number of amidine groups is 1. The van der Waals surface area contributed by atoms with Gasteiger partial charge in [-0.3, -0.25) is 4.79 Å². The van der Waals surface area contributed by atoms with Crippen LogP contribution in [0.2, 0.25) is 0 Å². The molecule has 0 bridgehead atoms. The first kappa shape index (κ1) is 15.3. The van der Waals surface area contributed by atoms with E-state index in [0.717, 1.165) is 25.7 Å². The van der Waals surface area contributed by atoms with Crippen LogP contribution in [0.15, 0.2) is 28.3 Å². The molecule has 0 aromatic carbocycles. The van der Waals surface area contributed by atoms with Crippen molar-refractivity contribution in [3.63, 3.8) is 0 Å². The maximum Gasteiger partial charge on any atom is 0.256 e. The average Bonchev–Trinajstić information content (AvgIpc) is 2.48. The summed E-state index contributed by atoms with van der Waals surface area (Å²) in [5.74, 6) is 0.713. The fourth-order valence-electron chi connectivity index (χ4n) is 3.06. The van der Waals surface area contributed by atoms with E-state index in [4.69, 9.17) is 0 Å². The van der Waals surface area contributed by atoms with Crippen molar-refractivity contribution in [2.24, 2.45) is 10.3 Å². The Balaban J connectivity index is 1.75. The van der Waals surface area contributed by atoms with Gasteiger partial charge in [0.25, 0.3) is 15.9 Å². The lowest BCUT2D eigenvalue weighted by Crippen LogP contribution is -2.45. The third-order valence-electron chi connectivity index (χ3n) is 4.45. The summed E-state index contributed by atoms with van der Waals surface area (Å²) in [6.45, 7) is 2.56. The number of nitrogens with one attached hydrogen (secondary N) is 1. The monoisotopic (exact) mass is 323 g/mol. The third kappa shape index (κ3) is 3.24. The summed E-state index contributed by atoms with van der Waals surface area (Å²) >= 11 is 0. The zero-order valence-corrected chi connectivity index (χ0v) is 13.5. The van der Waals surface area contributed by atoms with Gasteiger partial charge in [0.1, 0.15) is 0 Å². The molecule has 3 rings (SSSR count). The van der Waals surface area contributed by atoms with Gasteiger partial charge in [-0.15, -0.1) is 4.40 Å². The van der Waals surface area contributed by atoms with Crippen molar-refractivity contribution >= 4 is 21.8 Å². The molecule has 1 fully saturated rings. The summed E-state index contributed by atoms with van der Waals surface area (Å²) in [4.78, 5) is 14.2. The highest BCUT2D eigenvalue weighted by atomic mass is 32.2. The number of carbonyl (C=O) groups is 1. The number of sulfonamides is 1. The van der Waals surface area contributed by atoms with Gasteiger partial charge in [-0.1, -0.05) is 6.92 Å². The van der Waals surface area contributed by atoms with Crippen LogP contribution in [0.3, 0.4) is 0 Å². The summed E-state index contributed by atoms with van der Waals surface area (Å²) in [7, 11) is -3.47. The summed E-state index contributed by atoms with van der Waals surface area (Å²) in [5.41, 5.74) is 0.337. The van der Waals surface area contributed by atoms with E-state index >= 15 is 0 Å². The van der Waals surface area contributed by atoms with Crippen LogP contribution in [0, 0.1) is 5.92 Å². The molecule has 1 aliphatic carbocycles. The Morgan fingerprint density at radius 2 is 2.05 bits per heavy atom. The lowest BCUT2D eigenvalue weighted by atomic mass is 9.87. The first-order valence-electron chi connectivity index (χ1n) is 7.73. The normalized spacial score (nSPS) is 30.1. The number of carbonyl (C=O) groups excluding carboxylic acids is 1. The van der Waals surface area contributed by atoms with Gasteiger partial charge in [0, 0.05) is 18.8 Å². The number of amides is 1. The Hall–Kier alpha value is -1.63. The van der Waals surface area contributed by atoms with Crippen LogP contribution in [0.5, 0.6) is 0 Å². The van der Waals surface area contributed by atoms with Gasteiger partial charge in [0.2, 0.25) is 0 Å². The molecule has 0 atom stereocenters. The summed E-state index contributed by atoms with van der Waals surface area (Å²) in [5, 5.41) is 3.03. The summed E-state index contributed by atoms with van der Waals surface area (Å²) in [6.07, 6.45) is 9.34. The number of allylic oxidation sites excluding steroid dienone is 2. The van der Waals surface area contributed by atoms with Gasteiger partial charge < -0.3 is 10.2 Å². The van der Waals surface area contributed by atoms with E-state index in [1.54, 1.807) is 23.3 Å². The smallest absolute Gasteiger partial charge is 0.256 e. The largest absolute Gasteiger partial charge is 0.349 e. The van der Waals surface area contributed by atoms with Crippen LogP contribution in [-0.4, -0.2) is 43.4 Å². The number of nitrogens with zero attached hydrogens (tertiary/aromatic N) is 2. The highest BCUT2D eigenvalue weighted by Gasteiger charge is 2.31. The first-order valence-corrected chi connectivity index (χ1v) is 9.34. The Morgan fingerprint density at radius 3 is 2.77 bits per heavy atom. The maximum atomic E-state index is 12.5. The van der Waals surface area contributed by atoms with Crippen molar-refractivity contribution < 1.29 is 13.2 Å². The van der Waals surface area contributed by atoms with Crippen LogP contribution in [0.25, 0.3) is 0 Å². The molecule has 6 nitrogen and oxygen atoms in total. The van der Waals surface area contributed by atoms with Crippen molar-refractivity contribution in [1.29, 1.82) is 0 Å². The highest BCUT2D eigenvalue weighted by molar-refractivity contribution is 7.90. The van der Waals surface area contributed by atoms with Crippen molar-refractivity contribution in [3.05, 3.63) is 23.9 Å². The molecule has 1 amide bonds. The summed E-state index contributed by atoms with van der Waals surface area (Å²) < 4.78 is 27.2. The van der Waals surface area contributed by atoms with Gasteiger partial charge in [-0.2, -0.15) is 0 Å². The van der Waals surface area contributed by atoms with E-state index in [-0.39, 0.29) is 23.5 Å². The van der Waals surface area contributed by atoms with Crippen LogP contribution in [0.1, 0.15) is 32.6 Å². The second-order valence-electron chi connectivity index (χ2n) is 6.25. The number of rotatable bonds is 2. The van der Waals surface area contributed by atoms with Crippen molar-refractivity contribution in [2.75, 3.05) is 12.3 Å². The minimum Gasteiger partial charge on any atom is -0.349 e. The van der Waals surface area contributed by atoms with Crippen LogP contribution in [0.4, 0.5) is 0 Å². The predicted molar refractivity (Wildman–Crippen MR) is 84.7 cm³/mol. The lowest BCUT2D eigenvalue weighted by molar-refractivity contribution is -0.118. The zero-order valence-electron chi connectivity index (χ0n) is 12.7.